The molecule has 1 saturated carbocycles. The van der Waals surface area contributed by atoms with Gasteiger partial charge in [-0.3, -0.25) is 0 Å². The molecule has 1 unspecified atom stereocenters. The molecule has 0 aromatic carbocycles. The quantitative estimate of drug-likeness (QED) is 0.662. The van der Waals surface area contributed by atoms with Gasteiger partial charge < -0.3 is 10.5 Å². The minimum absolute atomic E-state index is 0.109. The Morgan fingerprint density at radius 1 is 1.64 bits per heavy atom. The van der Waals surface area contributed by atoms with Crippen LogP contribution in [0, 0.1) is 0 Å². The molecule has 1 aliphatic rings. The van der Waals surface area contributed by atoms with Crippen molar-refractivity contribution in [2.45, 2.75) is 50.7 Å². The van der Waals surface area contributed by atoms with Gasteiger partial charge in [0.05, 0.1) is 5.60 Å². The third kappa shape index (κ3) is 1.94. The molecule has 11 heavy (non-hydrogen) atoms. The van der Waals surface area contributed by atoms with Crippen molar-refractivity contribution in [2.75, 3.05) is 7.11 Å². The second-order valence-corrected chi connectivity index (χ2v) is 3.60. The van der Waals surface area contributed by atoms with E-state index >= 15 is 0 Å². The number of rotatable bonds is 2. The number of hydrogen-bond donors (Lipinski definition) is 1. The molecular formula is C9H19NO. The zero-order valence-corrected chi connectivity index (χ0v) is 7.60. The summed E-state index contributed by atoms with van der Waals surface area (Å²) in [6.07, 6.45) is 5.72. The molecule has 1 aliphatic carbocycles. The van der Waals surface area contributed by atoms with Crippen molar-refractivity contribution >= 4 is 0 Å². The monoisotopic (exact) mass is 157 g/mol. The Morgan fingerprint density at radius 2 is 2.36 bits per heavy atom. The topological polar surface area (TPSA) is 35.2 Å². The smallest absolute Gasteiger partial charge is 0.0690 e. The van der Waals surface area contributed by atoms with Crippen LogP contribution in [0.25, 0.3) is 0 Å². The van der Waals surface area contributed by atoms with Gasteiger partial charge in [-0.25, -0.2) is 0 Å². The molecule has 0 aromatic rings. The van der Waals surface area contributed by atoms with E-state index in [4.69, 9.17) is 10.5 Å². The molecule has 0 spiro atoms. The van der Waals surface area contributed by atoms with Crippen LogP contribution in [0.4, 0.5) is 0 Å². The van der Waals surface area contributed by atoms with Crippen LogP contribution in [0.1, 0.15) is 39.0 Å². The van der Waals surface area contributed by atoms with Gasteiger partial charge in [0.15, 0.2) is 0 Å². The average molecular weight is 157 g/mol. The summed E-state index contributed by atoms with van der Waals surface area (Å²) in [7, 11) is 1.81. The Kier molecular flexibility index (Phi) is 2.90. The fourth-order valence-corrected chi connectivity index (χ4v) is 2.02. The predicted molar refractivity (Wildman–Crippen MR) is 46.5 cm³/mol. The summed E-state index contributed by atoms with van der Waals surface area (Å²) in [4.78, 5) is 0. The van der Waals surface area contributed by atoms with E-state index in [1.54, 1.807) is 0 Å². The fourth-order valence-electron chi connectivity index (χ4n) is 2.02. The second kappa shape index (κ2) is 3.55. The van der Waals surface area contributed by atoms with Crippen molar-refractivity contribution in [1.29, 1.82) is 0 Å². The number of nitrogens with two attached hydrogens (primary N) is 1. The molecule has 1 fully saturated rings. The average Bonchev–Trinajstić information content (AvgIpc) is 2.04. The second-order valence-electron chi connectivity index (χ2n) is 3.60. The fraction of sp³-hybridized carbons (Fsp3) is 1.00. The van der Waals surface area contributed by atoms with E-state index in [-0.39, 0.29) is 5.60 Å². The van der Waals surface area contributed by atoms with Gasteiger partial charge in [0, 0.05) is 13.2 Å². The lowest BCUT2D eigenvalue weighted by atomic mass is 9.80. The van der Waals surface area contributed by atoms with Gasteiger partial charge in [0.2, 0.25) is 0 Å². The van der Waals surface area contributed by atoms with Crippen LogP contribution < -0.4 is 5.73 Å². The lowest BCUT2D eigenvalue weighted by molar-refractivity contribution is -0.0466. The lowest BCUT2D eigenvalue weighted by Crippen LogP contribution is -2.42. The summed E-state index contributed by atoms with van der Waals surface area (Å²) >= 11 is 0. The van der Waals surface area contributed by atoms with E-state index in [9.17, 15) is 0 Å². The van der Waals surface area contributed by atoms with Crippen molar-refractivity contribution in [3.8, 4) is 0 Å². The van der Waals surface area contributed by atoms with E-state index in [0.29, 0.717) is 6.04 Å². The van der Waals surface area contributed by atoms with Crippen LogP contribution in [0.2, 0.25) is 0 Å². The summed E-state index contributed by atoms with van der Waals surface area (Å²) in [6.45, 7) is 2.18. The number of ether oxygens (including phenoxy) is 1. The van der Waals surface area contributed by atoms with Crippen LogP contribution in [0.5, 0.6) is 0 Å². The minimum Gasteiger partial charge on any atom is -0.378 e. The standard InChI is InChI=1S/C9H19NO/c1-3-9(11-2)6-4-5-8(10)7-9/h8H,3-7,10H2,1-2H3/t8-,9?/m0/s1. The molecule has 2 N–H and O–H groups in total. The van der Waals surface area contributed by atoms with Crippen LogP contribution in [0.3, 0.4) is 0 Å². The first kappa shape index (κ1) is 9.01. The van der Waals surface area contributed by atoms with Crippen LogP contribution in [-0.2, 0) is 4.74 Å². The first-order valence-corrected chi connectivity index (χ1v) is 4.53. The van der Waals surface area contributed by atoms with Gasteiger partial charge >= 0.3 is 0 Å². The maximum absolute atomic E-state index is 5.88. The first-order valence-electron chi connectivity index (χ1n) is 4.53. The van der Waals surface area contributed by atoms with Crippen molar-refractivity contribution in [1.82, 2.24) is 0 Å². The molecule has 0 heterocycles. The van der Waals surface area contributed by atoms with Crippen LogP contribution in [0.15, 0.2) is 0 Å². The van der Waals surface area contributed by atoms with Gasteiger partial charge in [0.1, 0.15) is 0 Å². The van der Waals surface area contributed by atoms with Crippen molar-refractivity contribution < 1.29 is 4.74 Å². The van der Waals surface area contributed by atoms with E-state index in [1.165, 1.54) is 19.3 Å². The van der Waals surface area contributed by atoms with Gasteiger partial charge in [-0.2, -0.15) is 0 Å². The van der Waals surface area contributed by atoms with Gasteiger partial charge in [-0.1, -0.05) is 6.92 Å². The van der Waals surface area contributed by atoms with Gasteiger partial charge in [-0.15, -0.1) is 0 Å². The Labute approximate surface area is 69.1 Å². The van der Waals surface area contributed by atoms with E-state index < -0.39 is 0 Å². The molecule has 0 aliphatic heterocycles. The molecule has 2 heteroatoms. The van der Waals surface area contributed by atoms with Crippen LogP contribution in [-0.4, -0.2) is 18.8 Å². The third-order valence-electron chi connectivity index (χ3n) is 2.92. The molecule has 2 atom stereocenters. The normalized spacial score (nSPS) is 39.0. The zero-order valence-electron chi connectivity index (χ0n) is 7.60. The highest BCUT2D eigenvalue weighted by Crippen LogP contribution is 2.32. The highest BCUT2D eigenvalue weighted by atomic mass is 16.5. The molecule has 0 saturated heterocycles. The van der Waals surface area contributed by atoms with E-state index in [2.05, 4.69) is 6.92 Å². The molecule has 1 rings (SSSR count). The lowest BCUT2D eigenvalue weighted by Gasteiger charge is -2.38. The summed E-state index contributed by atoms with van der Waals surface area (Å²) in [5, 5.41) is 0. The molecule has 66 valence electrons. The third-order valence-corrected chi connectivity index (χ3v) is 2.92. The Balaban J connectivity index is 2.52. The Hall–Kier alpha value is -0.0800. The van der Waals surface area contributed by atoms with Crippen molar-refractivity contribution in [3.05, 3.63) is 0 Å². The van der Waals surface area contributed by atoms with Gasteiger partial charge in [0.25, 0.3) is 0 Å². The van der Waals surface area contributed by atoms with Crippen LogP contribution >= 0.6 is 0 Å². The number of methoxy groups -OCH3 is 1. The molecule has 2 nitrogen and oxygen atoms in total. The molecule has 0 aromatic heterocycles. The molecular weight excluding hydrogens is 138 g/mol. The Bertz CT molecular complexity index is 121. The summed E-state index contributed by atoms with van der Waals surface area (Å²) in [5.41, 5.74) is 5.99. The molecule has 0 bridgehead atoms. The first-order chi connectivity index (χ1) is 5.22. The Morgan fingerprint density at radius 3 is 2.73 bits per heavy atom. The molecule has 0 radical (unpaired) electrons. The molecule has 0 amide bonds. The SMILES string of the molecule is CCC1(OC)CCC[C@H](N)C1. The maximum atomic E-state index is 5.88. The van der Waals surface area contributed by atoms with Gasteiger partial charge in [-0.05, 0) is 32.1 Å². The maximum Gasteiger partial charge on any atom is 0.0690 e. The largest absolute Gasteiger partial charge is 0.378 e. The summed E-state index contributed by atoms with van der Waals surface area (Å²) < 4.78 is 5.52. The summed E-state index contributed by atoms with van der Waals surface area (Å²) in [5.74, 6) is 0. The number of hydrogen-bond acceptors (Lipinski definition) is 2. The van der Waals surface area contributed by atoms with Crippen molar-refractivity contribution in [3.63, 3.8) is 0 Å². The highest BCUT2D eigenvalue weighted by molar-refractivity contribution is 4.88. The summed E-state index contributed by atoms with van der Waals surface area (Å²) in [6, 6.07) is 0.364. The van der Waals surface area contributed by atoms with E-state index in [1.807, 2.05) is 7.11 Å². The van der Waals surface area contributed by atoms with Crippen molar-refractivity contribution in [2.24, 2.45) is 5.73 Å². The van der Waals surface area contributed by atoms with E-state index in [0.717, 1.165) is 12.8 Å². The predicted octanol–water partition coefficient (Wildman–Crippen LogP) is 1.68. The zero-order chi connectivity index (χ0) is 8.32. The minimum atomic E-state index is 0.109. The highest BCUT2D eigenvalue weighted by Gasteiger charge is 2.33.